The molecule has 3 heterocycles. The summed E-state index contributed by atoms with van der Waals surface area (Å²) in [5, 5.41) is 4.86. The molecule has 3 aromatic rings. The van der Waals surface area contributed by atoms with E-state index in [2.05, 4.69) is 19.1 Å². The number of benzene rings is 2. The summed E-state index contributed by atoms with van der Waals surface area (Å²) in [6.07, 6.45) is 9.92. The second-order valence-electron chi connectivity index (χ2n) is 13.8. The van der Waals surface area contributed by atoms with E-state index in [1.54, 1.807) is 57.8 Å². The lowest BCUT2D eigenvalue weighted by atomic mass is 9.70. The number of methoxy groups -OCH3 is 1. The van der Waals surface area contributed by atoms with Gasteiger partial charge in [-0.05, 0) is 106 Å². The molecule has 1 saturated carbocycles. The van der Waals surface area contributed by atoms with Gasteiger partial charge in [-0.2, -0.15) is 5.10 Å². The number of amides is 2. The minimum atomic E-state index is -3.89. The molecule has 268 valence electrons. The normalized spacial score (nSPS) is 26.2. The lowest BCUT2D eigenvalue weighted by Crippen LogP contribution is -2.44. The smallest absolute Gasteiger partial charge is 0.287 e. The van der Waals surface area contributed by atoms with Gasteiger partial charge in [-0.1, -0.05) is 29.8 Å². The largest absolute Gasteiger partial charge is 0.487 e. The van der Waals surface area contributed by atoms with E-state index in [1.165, 1.54) is 6.20 Å². The molecule has 0 radical (unpaired) electrons. The minimum absolute atomic E-state index is 0.108. The quantitative estimate of drug-likeness (QED) is 0.317. The first-order chi connectivity index (χ1) is 23.9. The van der Waals surface area contributed by atoms with Crippen LogP contribution in [0.3, 0.4) is 0 Å². The van der Waals surface area contributed by atoms with Crippen molar-refractivity contribution in [2.45, 2.75) is 76.1 Å². The number of anilines is 1. The first-order valence-corrected chi connectivity index (χ1v) is 19.0. The van der Waals surface area contributed by atoms with Gasteiger partial charge in [0.2, 0.25) is 0 Å². The number of nitrogens with zero attached hydrogens (tertiary/aromatic N) is 4. The highest BCUT2D eigenvalue weighted by Gasteiger charge is 2.38. The molecule has 0 spiro atoms. The molecule has 0 saturated heterocycles. The van der Waals surface area contributed by atoms with Gasteiger partial charge in [-0.25, -0.2) is 4.21 Å². The van der Waals surface area contributed by atoms with Crippen LogP contribution in [-0.4, -0.2) is 64.3 Å². The maximum Gasteiger partial charge on any atom is 0.287 e. The number of carbonyl (C=O) groups excluding carboxylic acids is 2. The van der Waals surface area contributed by atoms with Gasteiger partial charge in [0.05, 0.1) is 35.1 Å². The summed E-state index contributed by atoms with van der Waals surface area (Å²) in [7, 11) is -0.454. The van der Waals surface area contributed by atoms with Crippen LogP contribution in [0.1, 0.15) is 66.7 Å². The number of hydrogen-bond acceptors (Lipinski definition) is 8. The van der Waals surface area contributed by atoms with Gasteiger partial charge in [0.25, 0.3) is 11.8 Å². The van der Waals surface area contributed by atoms with Crippen molar-refractivity contribution in [1.82, 2.24) is 14.5 Å². The lowest BCUT2D eigenvalue weighted by Gasteiger charge is -2.43. The van der Waals surface area contributed by atoms with Gasteiger partial charge in [0.15, 0.2) is 9.92 Å². The van der Waals surface area contributed by atoms with E-state index in [-0.39, 0.29) is 29.1 Å². The molecule has 1 aromatic heterocycles. The molecule has 0 unspecified atom stereocenters. The summed E-state index contributed by atoms with van der Waals surface area (Å²) in [5.74, 6) is -0.207. The Labute approximate surface area is 299 Å². The summed E-state index contributed by atoms with van der Waals surface area (Å²) >= 11 is 6.38. The molecule has 4 atom stereocenters. The van der Waals surface area contributed by atoms with Crippen molar-refractivity contribution in [3.05, 3.63) is 82.2 Å². The lowest BCUT2D eigenvalue weighted by molar-refractivity contribution is -0.137. The molecule has 1 N–H and O–H groups in total. The van der Waals surface area contributed by atoms with E-state index in [4.69, 9.17) is 25.8 Å². The van der Waals surface area contributed by atoms with Crippen LogP contribution < -0.4 is 14.4 Å². The van der Waals surface area contributed by atoms with Gasteiger partial charge >= 0.3 is 0 Å². The molecule has 2 bridgehead atoms. The zero-order valence-electron chi connectivity index (χ0n) is 29.3. The van der Waals surface area contributed by atoms with Crippen LogP contribution in [0, 0.1) is 18.8 Å². The molecule has 50 heavy (non-hydrogen) atoms. The predicted octanol–water partition coefficient (Wildman–Crippen LogP) is 6.21. The van der Waals surface area contributed by atoms with Crippen LogP contribution >= 0.6 is 11.6 Å². The maximum atomic E-state index is 15.1. The number of nitrogens with one attached hydrogen (secondary N) is 1. The number of aryl methyl sites for hydroxylation is 2. The third-order valence-electron chi connectivity index (χ3n) is 10.2. The molecule has 13 heteroatoms. The number of hydrogen-bond donors (Lipinski definition) is 1. The topological polar surface area (TPSA) is 124 Å². The molecule has 2 amide bonds. The number of ether oxygens (including phenoxy) is 3. The Balaban J connectivity index is 1.49. The Bertz CT molecular complexity index is 1920. The first kappa shape index (κ1) is 36.1. The second kappa shape index (κ2) is 14.9. The average Bonchev–Trinajstić information content (AvgIpc) is 3.40. The monoisotopic (exact) mass is 723 g/mol. The van der Waals surface area contributed by atoms with E-state index in [0.29, 0.717) is 35.5 Å². The van der Waals surface area contributed by atoms with E-state index in [1.807, 2.05) is 30.4 Å². The molecule has 1 aliphatic carbocycles. The Morgan fingerprint density at radius 3 is 2.68 bits per heavy atom. The van der Waals surface area contributed by atoms with E-state index in [0.717, 1.165) is 55.5 Å². The van der Waals surface area contributed by atoms with Crippen LogP contribution in [0.4, 0.5) is 5.69 Å². The molecule has 11 nitrogen and oxygen atoms in total. The highest BCUT2D eigenvalue weighted by atomic mass is 35.5. The zero-order valence-corrected chi connectivity index (χ0v) is 30.9. The highest BCUT2D eigenvalue weighted by Crippen LogP contribution is 2.42. The molecule has 2 aromatic carbocycles. The van der Waals surface area contributed by atoms with Crippen LogP contribution in [0.5, 0.6) is 5.75 Å². The van der Waals surface area contributed by atoms with Gasteiger partial charge in [-0.15, -0.1) is 4.36 Å². The minimum Gasteiger partial charge on any atom is -0.487 e. The summed E-state index contributed by atoms with van der Waals surface area (Å²) in [6.45, 7) is 6.78. The van der Waals surface area contributed by atoms with Crippen molar-refractivity contribution < 1.29 is 28.0 Å². The third-order valence-corrected chi connectivity index (χ3v) is 12.2. The molecular formula is C37H46ClN5O6S. The van der Waals surface area contributed by atoms with Crippen LogP contribution in [0.25, 0.3) is 0 Å². The summed E-state index contributed by atoms with van der Waals surface area (Å²) in [4.78, 5) is 29.9. The van der Waals surface area contributed by atoms with Crippen LogP contribution in [-0.2, 0) is 44.3 Å². The average molecular weight is 724 g/mol. The maximum absolute atomic E-state index is 15.1. The SMILES string of the molecule is CO[C@@H]1/C=C/COC(C)(C)C(=O)N=[S@@](=O)(NC(=O)c2cnn(C)c2C)c2ccc3c(c2)N(CCCCc2cc(Cl)ccc2CO3)C[C@@H]2CC[C@H]21. The van der Waals surface area contributed by atoms with Crippen molar-refractivity contribution in [2.75, 3.05) is 31.7 Å². The number of fused-ring (bicyclic) bond motifs is 3. The summed E-state index contributed by atoms with van der Waals surface area (Å²) in [5.41, 5.74) is 2.29. The fourth-order valence-electron chi connectivity index (χ4n) is 6.79. The first-order valence-electron chi connectivity index (χ1n) is 17.1. The molecule has 2 aliphatic heterocycles. The van der Waals surface area contributed by atoms with Crippen molar-refractivity contribution in [3.63, 3.8) is 0 Å². The molecule has 6 rings (SSSR count). The summed E-state index contributed by atoms with van der Waals surface area (Å²) in [6, 6.07) is 11.0. The number of halogens is 1. The standard InChI is InChI=1S/C37H46ClN5O6S/c1-24-31(21-39-42(24)4)35(44)40-50(46)29-14-16-34-32(20-29)43(17-7-6-9-25-19-28(38)13-11-27(25)23-48-34)22-26-12-15-30(26)33(47-5)10-8-18-49-37(2,3)36(45)41-50/h8,10-11,13-14,16,19-21,26,30,33H,6-7,9,12,15,17-18,22-23H2,1-5H3,(H,40,41,44,45,46)/b10-8+/t26-,30+,33+,50-/m0/s1. The fourth-order valence-corrected chi connectivity index (χ4v) is 8.60. The van der Waals surface area contributed by atoms with Crippen molar-refractivity contribution in [1.29, 1.82) is 0 Å². The van der Waals surface area contributed by atoms with Gasteiger partial charge in [-0.3, -0.25) is 19.0 Å². The Morgan fingerprint density at radius 2 is 1.96 bits per heavy atom. The van der Waals surface area contributed by atoms with Crippen molar-refractivity contribution >= 4 is 39.0 Å². The van der Waals surface area contributed by atoms with Gasteiger partial charge in [0, 0.05) is 38.0 Å². The molecule has 3 aliphatic rings. The fraction of sp³-hybridized carbons (Fsp3) is 0.486. The second-order valence-corrected chi connectivity index (χ2v) is 16.2. The van der Waals surface area contributed by atoms with E-state index < -0.39 is 27.3 Å². The highest BCUT2D eigenvalue weighted by molar-refractivity contribution is 7.92. The van der Waals surface area contributed by atoms with Gasteiger partial charge in [0.1, 0.15) is 18.0 Å². The van der Waals surface area contributed by atoms with Crippen molar-refractivity contribution in [3.8, 4) is 5.75 Å². The predicted molar refractivity (Wildman–Crippen MR) is 193 cm³/mol. The molecular weight excluding hydrogens is 678 g/mol. The number of rotatable bonds is 3. The van der Waals surface area contributed by atoms with Crippen molar-refractivity contribution in [2.24, 2.45) is 23.2 Å². The van der Waals surface area contributed by atoms with Crippen LogP contribution in [0.2, 0.25) is 5.02 Å². The zero-order chi connectivity index (χ0) is 35.6. The Hall–Kier alpha value is -3.71. The van der Waals surface area contributed by atoms with Crippen LogP contribution in [0.15, 0.2) is 64.0 Å². The summed E-state index contributed by atoms with van der Waals surface area (Å²) < 4.78 is 41.9. The van der Waals surface area contributed by atoms with E-state index >= 15 is 4.21 Å². The van der Waals surface area contributed by atoms with E-state index in [9.17, 15) is 9.59 Å². The van der Waals surface area contributed by atoms with Gasteiger partial charge < -0.3 is 19.1 Å². The third kappa shape index (κ3) is 7.63. The number of aromatic nitrogens is 2. The Morgan fingerprint density at radius 1 is 1.14 bits per heavy atom. The molecule has 1 fully saturated rings. The number of carbonyl (C=O) groups is 2. The Kier molecular flexibility index (Phi) is 10.7.